The van der Waals surface area contributed by atoms with E-state index in [2.05, 4.69) is 15.9 Å². The molecular formula is C23H25BrFN3O4S. The molecule has 2 aliphatic rings. The van der Waals surface area contributed by atoms with Crippen molar-refractivity contribution in [2.45, 2.75) is 24.7 Å². The minimum Gasteiger partial charge on any atom is -0.366 e. The highest BCUT2D eigenvalue weighted by Gasteiger charge is 2.29. The van der Waals surface area contributed by atoms with Crippen molar-refractivity contribution in [3.63, 3.8) is 0 Å². The van der Waals surface area contributed by atoms with Crippen molar-refractivity contribution in [2.75, 3.05) is 48.3 Å². The third kappa shape index (κ3) is 4.91. The molecule has 0 saturated carbocycles. The molecule has 1 saturated heterocycles. The standard InChI is InChI=1S/C23H25BrFN3O4S/c1-16(29)28-8-6-17-14-18(24)22(15-21(17)28)33(31,32)13-7-23(30)27-11-9-26(10-12-27)20-5-3-2-4-19(20)25/h2-5,14-15H,6-13H2,1H3. The number of fused-ring (bicyclic) bond motifs is 1. The van der Waals surface area contributed by atoms with Crippen LogP contribution >= 0.6 is 15.9 Å². The van der Waals surface area contributed by atoms with Crippen molar-refractivity contribution < 1.29 is 22.4 Å². The van der Waals surface area contributed by atoms with E-state index in [0.717, 1.165) is 5.56 Å². The quantitative estimate of drug-likeness (QED) is 0.585. The zero-order valence-corrected chi connectivity index (χ0v) is 20.7. The van der Waals surface area contributed by atoms with Gasteiger partial charge in [0.1, 0.15) is 5.82 Å². The van der Waals surface area contributed by atoms with Gasteiger partial charge < -0.3 is 14.7 Å². The van der Waals surface area contributed by atoms with Crippen molar-refractivity contribution in [1.82, 2.24) is 4.90 Å². The summed E-state index contributed by atoms with van der Waals surface area (Å²) in [6.07, 6.45) is 0.535. The van der Waals surface area contributed by atoms with E-state index in [1.54, 1.807) is 34.1 Å². The number of carbonyl (C=O) groups excluding carboxylic acids is 2. The number of anilines is 2. The average Bonchev–Trinajstić information content (AvgIpc) is 3.20. The average molecular weight is 538 g/mol. The minimum absolute atomic E-state index is 0.0894. The number of piperazine rings is 1. The second-order valence-corrected chi connectivity index (χ2v) is 11.2. The Hall–Kier alpha value is -2.46. The number of carbonyl (C=O) groups is 2. The fraction of sp³-hybridized carbons (Fsp3) is 0.391. The van der Waals surface area contributed by atoms with Crippen LogP contribution in [0.3, 0.4) is 0 Å². The first-order valence-electron chi connectivity index (χ1n) is 10.8. The Morgan fingerprint density at radius 2 is 1.73 bits per heavy atom. The SMILES string of the molecule is CC(=O)N1CCc2cc(Br)c(S(=O)(=O)CCC(=O)N3CCN(c4ccccc4F)CC3)cc21. The van der Waals surface area contributed by atoms with Gasteiger partial charge in [-0.2, -0.15) is 0 Å². The number of hydrogen-bond acceptors (Lipinski definition) is 5. The third-order valence-electron chi connectivity index (χ3n) is 6.15. The van der Waals surface area contributed by atoms with E-state index in [-0.39, 0.29) is 34.7 Å². The van der Waals surface area contributed by atoms with Gasteiger partial charge in [0.15, 0.2) is 9.84 Å². The van der Waals surface area contributed by atoms with Crippen LogP contribution in [-0.4, -0.2) is 63.6 Å². The molecule has 0 aromatic heterocycles. The molecule has 0 N–H and O–H groups in total. The first kappa shape index (κ1) is 23.7. The molecule has 2 aliphatic heterocycles. The van der Waals surface area contributed by atoms with Gasteiger partial charge in [0.05, 0.1) is 16.3 Å². The highest BCUT2D eigenvalue weighted by molar-refractivity contribution is 9.10. The van der Waals surface area contributed by atoms with Gasteiger partial charge in [-0.25, -0.2) is 12.8 Å². The van der Waals surface area contributed by atoms with Crippen LogP contribution in [0.15, 0.2) is 45.8 Å². The number of rotatable bonds is 5. The van der Waals surface area contributed by atoms with Gasteiger partial charge >= 0.3 is 0 Å². The van der Waals surface area contributed by atoms with E-state index in [0.29, 0.717) is 55.0 Å². The molecule has 2 heterocycles. The van der Waals surface area contributed by atoms with Gasteiger partial charge in [0.2, 0.25) is 11.8 Å². The molecule has 0 radical (unpaired) electrons. The van der Waals surface area contributed by atoms with Gasteiger partial charge in [-0.15, -0.1) is 0 Å². The number of para-hydroxylation sites is 1. The van der Waals surface area contributed by atoms with Crippen molar-refractivity contribution in [3.8, 4) is 0 Å². The van der Waals surface area contributed by atoms with Crippen molar-refractivity contribution in [2.24, 2.45) is 0 Å². The molecular weight excluding hydrogens is 513 g/mol. The fourth-order valence-electron chi connectivity index (χ4n) is 4.35. The number of amides is 2. The molecule has 7 nitrogen and oxygen atoms in total. The summed E-state index contributed by atoms with van der Waals surface area (Å²) in [5.74, 6) is -0.998. The van der Waals surface area contributed by atoms with Crippen molar-refractivity contribution in [3.05, 3.63) is 52.3 Å². The number of hydrogen-bond donors (Lipinski definition) is 0. The largest absolute Gasteiger partial charge is 0.366 e. The molecule has 0 bridgehead atoms. The first-order chi connectivity index (χ1) is 15.7. The summed E-state index contributed by atoms with van der Waals surface area (Å²) < 4.78 is 40.5. The van der Waals surface area contributed by atoms with Crippen LogP contribution < -0.4 is 9.80 Å². The highest BCUT2D eigenvalue weighted by Crippen LogP contribution is 2.36. The van der Waals surface area contributed by atoms with Gasteiger partial charge in [-0.3, -0.25) is 9.59 Å². The maximum atomic E-state index is 14.0. The molecule has 4 rings (SSSR count). The summed E-state index contributed by atoms with van der Waals surface area (Å²) in [6.45, 7) is 3.76. The molecule has 0 atom stereocenters. The normalized spacial score (nSPS) is 16.2. The summed E-state index contributed by atoms with van der Waals surface area (Å²) in [5, 5.41) is 0. The van der Waals surface area contributed by atoms with Crippen LogP contribution in [0, 0.1) is 5.82 Å². The minimum atomic E-state index is -3.75. The molecule has 1 fully saturated rings. The molecule has 0 aliphatic carbocycles. The van der Waals surface area contributed by atoms with Crippen LogP contribution in [0.2, 0.25) is 0 Å². The van der Waals surface area contributed by atoms with Crippen molar-refractivity contribution in [1.29, 1.82) is 0 Å². The lowest BCUT2D eigenvalue weighted by atomic mass is 10.2. The molecule has 33 heavy (non-hydrogen) atoms. The Morgan fingerprint density at radius 1 is 1.03 bits per heavy atom. The van der Waals surface area contributed by atoms with E-state index in [9.17, 15) is 22.4 Å². The maximum Gasteiger partial charge on any atom is 0.223 e. The predicted octanol–water partition coefficient (Wildman–Crippen LogP) is 3.01. The summed E-state index contributed by atoms with van der Waals surface area (Å²) in [4.78, 5) is 29.7. The van der Waals surface area contributed by atoms with Gasteiger partial charge in [0, 0.05) is 56.2 Å². The Labute approximate surface area is 201 Å². The van der Waals surface area contributed by atoms with Crippen LogP contribution in [0.4, 0.5) is 15.8 Å². The molecule has 0 spiro atoms. The topological polar surface area (TPSA) is 78.0 Å². The summed E-state index contributed by atoms with van der Waals surface area (Å²) in [6, 6.07) is 9.80. The highest BCUT2D eigenvalue weighted by atomic mass is 79.9. The lowest BCUT2D eigenvalue weighted by molar-refractivity contribution is -0.131. The number of sulfone groups is 1. The van der Waals surface area contributed by atoms with Crippen LogP contribution in [-0.2, 0) is 25.8 Å². The molecule has 2 amide bonds. The second-order valence-electron chi connectivity index (χ2n) is 8.22. The molecule has 0 unspecified atom stereocenters. The molecule has 2 aromatic rings. The summed E-state index contributed by atoms with van der Waals surface area (Å²) in [5.41, 5.74) is 2.04. The first-order valence-corrected chi connectivity index (χ1v) is 13.2. The Balaban J connectivity index is 1.39. The zero-order chi connectivity index (χ0) is 23.8. The zero-order valence-electron chi connectivity index (χ0n) is 18.3. The predicted molar refractivity (Wildman–Crippen MR) is 128 cm³/mol. The van der Waals surface area contributed by atoms with E-state index in [4.69, 9.17) is 0 Å². The van der Waals surface area contributed by atoms with Crippen LogP contribution in [0.5, 0.6) is 0 Å². The third-order valence-corrected chi connectivity index (χ3v) is 8.82. The van der Waals surface area contributed by atoms with Gasteiger partial charge in [0.25, 0.3) is 0 Å². The van der Waals surface area contributed by atoms with Gasteiger partial charge in [-0.1, -0.05) is 12.1 Å². The smallest absolute Gasteiger partial charge is 0.223 e. The van der Waals surface area contributed by atoms with Gasteiger partial charge in [-0.05, 0) is 52.2 Å². The number of halogens is 2. The lowest BCUT2D eigenvalue weighted by Gasteiger charge is -2.36. The fourth-order valence-corrected chi connectivity index (χ4v) is 6.79. The Bertz CT molecular complexity index is 1200. The number of benzene rings is 2. The summed E-state index contributed by atoms with van der Waals surface area (Å²) >= 11 is 3.35. The van der Waals surface area contributed by atoms with E-state index in [1.807, 2.05) is 4.90 Å². The second kappa shape index (κ2) is 9.42. The van der Waals surface area contributed by atoms with E-state index < -0.39 is 9.84 Å². The monoisotopic (exact) mass is 537 g/mol. The molecule has 2 aromatic carbocycles. The maximum absolute atomic E-state index is 14.0. The lowest BCUT2D eigenvalue weighted by Crippen LogP contribution is -2.49. The Kier molecular flexibility index (Phi) is 6.76. The number of nitrogens with zero attached hydrogens (tertiary/aromatic N) is 3. The molecule has 176 valence electrons. The van der Waals surface area contributed by atoms with Crippen molar-refractivity contribution >= 4 is 49.0 Å². The van der Waals surface area contributed by atoms with E-state index >= 15 is 0 Å². The molecule has 10 heteroatoms. The Morgan fingerprint density at radius 3 is 2.39 bits per heavy atom. The van der Waals surface area contributed by atoms with Crippen LogP contribution in [0.25, 0.3) is 0 Å². The van der Waals surface area contributed by atoms with E-state index in [1.165, 1.54) is 19.1 Å². The summed E-state index contributed by atoms with van der Waals surface area (Å²) in [7, 11) is -3.75. The van der Waals surface area contributed by atoms with Crippen LogP contribution in [0.1, 0.15) is 18.9 Å².